The van der Waals surface area contributed by atoms with Gasteiger partial charge in [-0.15, -0.1) is 14.5 Å². The molecule has 0 saturated heterocycles. The number of nitrogens with one attached hydrogen (secondary N) is 1. The first-order chi connectivity index (χ1) is 10.9. The van der Waals surface area contributed by atoms with Crippen molar-refractivity contribution in [3.05, 3.63) is 54.6 Å². The number of benzene rings is 2. The summed E-state index contributed by atoms with van der Waals surface area (Å²) >= 11 is 0.956. The van der Waals surface area contributed by atoms with Crippen molar-refractivity contribution in [1.29, 1.82) is 0 Å². The fraction of sp³-hybridized carbons (Fsp3) is 0.0667. The summed E-state index contributed by atoms with van der Waals surface area (Å²) in [7, 11) is 1.44. The summed E-state index contributed by atoms with van der Waals surface area (Å²) in [5.74, 6) is 0.908. The van der Waals surface area contributed by atoms with E-state index >= 15 is 0 Å². The number of rotatable bonds is 6. The summed E-state index contributed by atoms with van der Waals surface area (Å²) in [4.78, 5) is 4.52. The number of nitrogens with zero attached hydrogens (tertiary/aromatic N) is 2. The van der Waals surface area contributed by atoms with Crippen molar-refractivity contribution < 1.29 is 13.6 Å². The summed E-state index contributed by atoms with van der Waals surface area (Å²) in [6.45, 7) is 0. The molecule has 2 aromatic carbocycles. The van der Waals surface area contributed by atoms with Gasteiger partial charge in [-0.25, -0.2) is 4.89 Å². The van der Waals surface area contributed by atoms with E-state index in [0.717, 1.165) is 29.0 Å². The zero-order valence-electron chi connectivity index (χ0n) is 11.7. The number of anilines is 1. The molecule has 0 aliphatic carbocycles. The van der Waals surface area contributed by atoms with Gasteiger partial charge in [0.1, 0.15) is 12.2 Å². The van der Waals surface area contributed by atoms with E-state index in [4.69, 9.17) is 8.75 Å². The molecule has 0 bridgehead atoms. The lowest BCUT2D eigenvalue weighted by molar-refractivity contribution is -0.159. The van der Waals surface area contributed by atoms with Crippen molar-refractivity contribution in [2.45, 2.75) is 0 Å². The Balaban J connectivity index is 1.87. The largest absolute Gasteiger partial charge is 0.416 e. The Labute approximate surface area is 131 Å². The molecule has 0 saturated carbocycles. The molecule has 1 N–H and O–H groups in total. The fourth-order valence-corrected chi connectivity index (χ4v) is 2.25. The molecule has 3 aromatic rings. The van der Waals surface area contributed by atoms with E-state index in [1.165, 1.54) is 7.11 Å². The van der Waals surface area contributed by atoms with Crippen molar-refractivity contribution in [2.24, 2.45) is 0 Å². The molecule has 1 aromatic heterocycles. The van der Waals surface area contributed by atoms with E-state index < -0.39 is 0 Å². The van der Waals surface area contributed by atoms with E-state index in [-0.39, 0.29) is 0 Å². The highest BCUT2D eigenvalue weighted by Gasteiger charge is 2.13. The van der Waals surface area contributed by atoms with Crippen LogP contribution in [-0.4, -0.2) is 17.3 Å². The molecule has 1 heterocycles. The SMILES string of the molecule is COOSNc1ccccc1-c1nnc(-c2ccccc2)o1. The minimum atomic E-state index is 0.431. The molecule has 0 atom stereocenters. The predicted molar refractivity (Wildman–Crippen MR) is 84.5 cm³/mol. The molecule has 6 nitrogen and oxygen atoms in total. The second-order valence-electron chi connectivity index (χ2n) is 4.24. The van der Waals surface area contributed by atoms with Crippen molar-refractivity contribution >= 4 is 17.9 Å². The van der Waals surface area contributed by atoms with Crippen LogP contribution in [0.5, 0.6) is 0 Å². The first-order valence-electron chi connectivity index (χ1n) is 6.49. The fourth-order valence-electron chi connectivity index (χ4n) is 1.88. The molecule has 0 fully saturated rings. The molecule has 0 amide bonds. The molecule has 112 valence electrons. The van der Waals surface area contributed by atoms with E-state index in [1.807, 2.05) is 54.6 Å². The molecule has 0 spiro atoms. The lowest BCUT2D eigenvalue weighted by Gasteiger charge is -2.06. The summed E-state index contributed by atoms with van der Waals surface area (Å²) < 4.78 is 13.5. The highest BCUT2D eigenvalue weighted by Crippen LogP contribution is 2.30. The van der Waals surface area contributed by atoms with Crippen LogP contribution in [0.3, 0.4) is 0 Å². The van der Waals surface area contributed by atoms with Crippen LogP contribution in [-0.2, 0) is 9.22 Å². The van der Waals surface area contributed by atoms with Gasteiger partial charge in [0.25, 0.3) is 0 Å². The highest BCUT2D eigenvalue weighted by molar-refractivity contribution is 7.95. The second-order valence-corrected chi connectivity index (χ2v) is 4.75. The maximum Gasteiger partial charge on any atom is 0.250 e. The van der Waals surface area contributed by atoms with E-state index in [9.17, 15) is 0 Å². The average molecular weight is 315 g/mol. The van der Waals surface area contributed by atoms with Crippen LogP contribution in [0.4, 0.5) is 5.69 Å². The number of aromatic nitrogens is 2. The Morgan fingerprint density at radius 3 is 2.50 bits per heavy atom. The second kappa shape index (κ2) is 7.08. The van der Waals surface area contributed by atoms with Crippen LogP contribution in [0.25, 0.3) is 22.9 Å². The van der Waals surface area contributed by atoms with Gasteiger partial charge in [0.05, 0.1) is 18.4 Å². The zero-order valence-corrected chi connectivity index (χ0v) is 12.5. The molecule has 3 rings (SSSR count). The summed E-state index contributed by atoms with van der Waals surface area (Å²) in [5.41, 5.74) is 2.45. The summed E-state index contributed by atoms with van der Waals surface area (Å²) in [6.07, 6.45) is 0. The van der Waals surface area contributed by atoms with Crippen molar-refractivity contribution in [2.75, 3.05) is 11.8 Å². The monoisotopic (exact) mass is 315 g/mol. The van der Waals surface area contributed by atoms with Crippen molar-refractivity contribution in [3.63, 3.8) is 0 Å². The van der Waals surface area contributed by atoms with Gasteiger partial charge >= 0.3 is 0 Å². The summed E-state index contributed by atoms with van der Waals surface area (Å²) in [5, 5.41) is 8.21. The van der Waals surface area contributed by atoms with E-state index in [1.54, 1.807) is 0 Å². The molecule has 0 aliphatic rings. The number of hydrogen-bond donors (Lipinski definition) is 1. The van der Waals surface area contributed by atoms with Crippen LogP contribution in [0.1, 0.15) is 0 Å². The van der Waals surface area contributed by atoms with Crippen molar-refractivity contribution in [1.82, 2.24) is 10.2 Å². The van der Waals surface area contributed by atoms with E-state index in [0.29, 0.717) is 11.8 Å². The maximum absolute atomic E-state index is 5.76. The van der Waals surface area contributed by atoms with E-state index in [2.05, 4.69) is 19.8 Å². The minimum absolute atomic E-state index is 0.431. The number of hydrogen-bond acceptors (Lipinski definition) is 7. The first kappa shape index (κ1) is 14.6. The molecular formula is C15H13N3O3S. The predicted octanol–water partition coefficient (Wildman–Crippen LogP) is 3.96. The maximum atomic E-state index is 5.76. The van der Waals surface area contributed by atoms with Gasteiger partial charge in [0.15, 0.2) is 0 Å². The van der Waals surface area contributed by atoms with Crippen molar-refractivity contribution in [3.8, 4) is 22.9 Å². The van der Waals surface area contributed by atoms with Crippen LogP contribution >= 0.6 is 12.2 Å². The lowest BCUT2D eigenvalue weighted by atomic mass is 10.2. The Morgan fingerprint density at radius 1 is 0.955 bits per heavy atom. The Morgan fingerprint density at radius 2 is 1.68 bits per heavy atom. The van der Waals surface area contributed by atoms with Crippen LogP contribution < -0.4 is 4.72 Å². The third-order valence-corrected chi connectivity index (χ3v) is 3.36. The van der Waals surface area contributed by atoms with Crippen LogP contribution in [0.15, 0.2) is 59.0 Å². The van der Waals surface area contributed by atoms with Gasteiger partial charge in [-0.2, -0.15) is 0 Å². The molecular weight excluding hydrogens is 302 g/mol. The Hall–Kier alpha value is -2.35. The topological polar surface area (TPSA) is 69.4 Å². The number of para-hydroxylation sites is 1. The van der Waals surface area contributed by atoms with Crippen LogP contribution in [0.2, 0.25) is 0 Å². The van der Waals surface area contributed by atoms with Gasteiger partial charge in [0.2, 0.25) is 11.8 Å². The van der Waals surface area contributed by atoms with Crippen LogP contribution in [0, 0.1) is 0 Å². The Bertz CT molecular complexity index is 734. The first-order valence-corrected chi connectivity index (χ1v) is 7.23. The van der Waals surface area contributed by atoms with Gasteiger partial charge in [-0.1, -0.05) is 30.3 Å². The third-order valence-electron chi connectivity index (χ3n) is 2.86. The molecule has 0 aliphatic heterocycles. The molecule has 7 heteroatoms. The highest BCUT2D eigenvalue weighted by atomic mass is 32.2. The van der Waals surface area contributed by atoms with Gasteiger partial charge in [-0.3, -0.25) is 0 Å². The lowest BCUT2D eigenvalue weighted by Crippen LogP contribution is -1.92. The standard InChI is InChI=1S/C15H13N3O3S/c1-19-21-22-18-13-10-6-5-9-12(13)15-17-16-14(20-15)11-7-3-2-4-8-11/h2-10,18H,1H3. The zero-order chi connectivity index (χ0) is 15.2. The smallest absolute Gasteiger partial charge is 0.250 e. The molecule has 0 radical (unpaired) electrons. The average Bonchev–Trinajstić information content (AvgIpc) is 3.06. The van der Waals surface area contributed by atoms with Gasteiger partial charge in [0, 0.05) is 5.56 Å². The van der Waals surface area contributed by atoms with Gasteiger partial charge < -0.3 is 9.14 Å². The summed E-state index contributed by atoms with van der Waals surface area (Å²) in [6, 6.07) is 17.2. The third kappa shape index (κ3) is 3.28. The minimum Gasteiger partial charge on any atom is -0.416 e. The quantitative estimate of drug-likeness (QED) is 0.243. The Kier molecular flexibility index (Phi) is 4.69. The molecule has 0 unspecified atom stereocenters. The normalized spacial score (nSPS) is 10.6. The molecule has 22 heavy (non-hydrogen) atoms. The van der Waals surface area contributed by atoms with Gasteiger partial charge in [-0.05, 0) is 24.3 Å².